The van der Waals surface area contributed by atoms with Crippen molar-refractivity contribution in [3.8, 4) is 6.07 Å². The Balaban J connectivity index is 1.30. The minimum Gasteiger partial charge on any atom is -0.357 e. The first-order valence-corrected chi connectivity index (χ1v) is 10.4. The van der Waals surface area contributed by atoms with E-state index in [9.17, 15) is 0 Å². The minimum atomic E-state index is 0.312. The highest BCUT2D eigenvalue weighted by Gasteiger charge is 2.30. The zero-order valence-corrected chi connectivity index (χ0v) is 16.9. The molecule has 2 aliphatic rings. The van der Waals surface area contributed by atoms with E-state index in [-0.39, 0.29) is 0 Å². The van der Waals surface area contributed by atoms with Crippen LogP contribution in [0.2, 0.25) is 5.02 Å². The fourth-order valence-electron chi connectivity index (χ4n) is 4.41. The maximum atomic E-state index is 9.14. The standard InChI is InChI=1S/C21H25ClN6/c1-15-13-24-21(25-14-15)28-10-6-17(7-11-28)16-4-8-27(9-5-16)20-3-2-18(22)19(12-23)26-20/h2-3,13-14,16-17H,4-11H2,1H3. The van der Waals surface area contributed by atoms with Crippen molar-refractivity contribution in [3.05, 3.63) is 40.8 Å². The molecule has 0 N–H and O–H groups in total. The van der Waals surface area contributed by atoms with Crippen molar-refractivity contribution in [2.45, 2.75) is 32.6 Å². The number of rotatable bonds is 3. The van der Waals surface area contributed by atoms with Gasteiger partial charge in [0.2, 0.25) is 5.95 Å². The Morgan fingerprint density at radius 1 is 0.964 bits per heavy atom. The molecule has 7 heteroatoms. The molecule has 0 aromatic carbocycles. The van der Waals surface area contributed by atoms with Gasteiger partial charge in [0.1, 0.15) is 11.9 Å². The number of nitriles is 1. The van der Waals surface area contributed by atoms with Gasteiger partial charge in [-0.1, -0.05) is 11.6 Å². The van der Waals surface area contributed by atoms with Crippen LogP contribution in [0.4, 0.5) is 11.8 Å². The van der Waals surface area contributed by atoms with Gasteiger partial charge in [-0.05, 0) is 62.1 Å². The molecule has 0 bridgehead atoms. The molecule has 146 valence electrons. The summed E-state index contributed by atoms with van der Waals surface area (Å²) in [6.07, 6.45) is 8.56. The molecular weight excluding hydrogens is 372 g/mol. The van der Waals surface area contributed by atoms with Crippen molar-refractivity contribution in [2.75, 3.05) is 36.0 Å². The van der Waals surface area contributed by atoms with E-state index >= 15 is 0 Å². The van der Waals surface area contributed by atoms with Gasteiger partial charge >= 0.3 is 0 Å². The lowest BCUT2D eigenvalue weighted by Gasteiger charge is -2.40. The second-order valence-electron chi connectivity index (χ2n) is 7.82. The van der Waals surface area contributed by atoms with E-state index < -0.39 is 0 Å². The third kappa shape index (κ3) is 4.05. The summed E-state index contributed by atoms with van der Waals surface area (Å²) in [5.41, 5.74) is 1.41. The molecule has 2 fully saturated rings. The largest absolute Gasteiger partial charge is 0.357 e. The van der Waals surface area contributed by atoms with Gasteiger partial charge in [-0.15, -0.1) is 0 Å². The second kappa shape index (κ2) is 8.32. The zero-order valence-electron chi connectivity index (χ0n) is 16.2. The predicted molar refractivity (Wildman–Crippen MR) is 111 cm³/mol. The van der Waals surface area contributed by atoms with Crippen molar-refractivity contribution < 1.29 is 0 Å². The van der Waals surface area contributed by atoms with Gasteiger partial charge in [0, 0.05) is 38.6 Å². The van der Waals surface area contributed by atoms with Crippen LogP contribution in [0.1, 0.15) is 36.9 Å². The average molecular weight is 397 g/mol. The van der Waals surface area contributed by atoms with Crippen LogP contribution < -0.4 is 9.80 Å². The summed E-state index contributed by atoms with van der Waals surface area (Å²) in [6.45, 7) is 6.08. The number of piperidine rings is 2. The predicted octanol–water partition coefficient (Wildman–Crippen LogP) is 3.84. The van der Waals surface area contributed by atoms with E-state index in [0.717, 1.165) is 55.3 Å². The minimum absolute atomic E-state index is 0.312. The smallest absolute Gasteiger partial charge is 0.225 e. The number of halogens is 1. The van der Waals surface area contributed by atoms with Gasteiger partial charge in [0.05, 0.1) is 5.02 Å². The van der Waals surface area contributed by atoms with Crippen LogP contribution in [0.3, 0.4) is 0 Å². The number of aromatic nitrogens is 3. The summed E-state index contributed by atoms with van der Waals surface area (Å²) in [4.78, 5) is 18.0. The highest BCUT2D eigenvalue weighted by molar-refractivity contribution is 6.31. The molecule has 4 heterocycles. The van der Waals surface area contributed by atoms with Crippen molar-refractivity contribution >= 4 is 23.4 Å². The molecule has 28 heavy (non-hydrogen) atoms. The first-order valence-electron chi connectivity index (χ1n) is 9.99. The van der Waals surface area contributed by atoms with E-state index in [2.05, 4.69) is 30.8 Å². The Hall–Kier alpha value is -2.39. The van der Waals surface area contributed by atoms with E-state index in [1.54, 1.807) is 6.07 Å². The lowest BCUT2D eigenvalue weighted by Crippen LogP contribution is -2.41. The van der Waals surface area contributed by atoms with Gasteiger partial charge in [0.15, 0.2) is 5.69 Å². The molecule has 0 spiro atoms. The number of anilines is 2. The summed E-state index contributed by atoms with van der Waals surface area (Å²) in [6, 6.07) is 5.77. The highest BCUT2D eigenvalue weighted by Crippen LogP contribution is 2.34. The van der Waals surface area contributed by atoms with Crippen LogP contribution in [-0.2, 0) is 0 Å². The molecule has 0 aliphatic carbocycles. The SMILES string of the molecule is Cc1cnc(N2CCC(C3CCN(c4ccc(Cl)c(C#N)n4)CC3)CC2)nc1. The third-order valence-electron chi connectivity index (χ3n) is 6.06. The van der Waals surface area contributed by atoms with Crippen LogP contribution in [0.5, 0.6) is 0 Å². The lowest BCUT2D eigenvalue weighted by atomic mass is 9.79. The topological polar surface area (TPSA) is 68.9 Å². The van der Waals surface area contributed by atoms with E-state index in [1.807, 2.05) is 25.4 Å². The van der Waals surface area contributed by atoms with Crippen LogP contribution in [0.25, 0.3) is 0 Å². The third-order valence-corrected chi connectivity index (χ3v) is 6.36. The number of aryl methyl sites for hydroxylation is 1. The van der Waals surface area contributed by atoms with Crippen LogP contribution in [-0.4, -0.2) is 41.1 Å². The summed E-state index contributed by atoms with van der Waals surface area (Å²) < 4.78 is 0. The summed E-state index contributed by atoms with van der Waals surface area (Å²) in [5, 5.41) is 9.56. The number of hydrogen-bond acceptors (Lipinski definition) is 6. The molecule has 0 atom stereocenters. The molecule has 2 aliphatic heterocycles. The normalized spacial score (nSPS) is 18.9. The lowest BCUT2D eigenvalue weighted by molar-refractivity contribution is 0.232. The van der Waals surface area contributed by atoms with Gasteiger partial charge in [0.25, 0.3) is 0 Å². The molecule has 4 rings (SSSR count). The summed E-state index contributed by atoms with van der Waals surface area (Å²) in [7, 11) is 0. The molecule has 0 radical (unpaired) electrons. The summed E-state index contributed by atoms with van der Waals surface area (Å²) in [5.74, 6) is 3.27. The summed E-state index contributed by atoms with van der Waals surface area (Å²) >= 11 is 6.01. The molecule has 0 unspecified atom stereocenters. The second-order valence-corrected chi connectivity index (χ2v) is 8.23. The highest BCUT2D eigenvalue weighted by atomic mass is 35.5. The monoisotopic (exact) mass is 396 g/mol. The van der Waals surface area contributed by atoms with Gasteiger partial charge < -0.3 is 9.80 Å². The van der Waals surface area contributed by atoms with E-state index in [1.165, 1.54) is 25.7 Å². The molecule has 2 aromatic heterocycles. The fourth-order valence-corrected chi connectivity index (χ4v) is 4.55. The molecular formula is C21H25ClN6. The van der Waals surface area contributed by atoms with Gasteiger partial charge in [-0.25, -0.2) is 15.0 Å². The Morgan fingerprint density at radius 2 is 1.54 bits per heavy atom. The zero-order chi connectivity index (χ0) is 19.5. The fraction of sp³-hybridized carbons (Fsp3) is 0.524. The molecule has 0 amide bonds. The van der Waals surface area contributed by atoms with Crippen LogP contribution in [0, 0.1) is 30.1 Å². The van der Waals surface area contributed by atoms with Gasteiger partial charge in [-0.2, -0.15) is 5.26 Å². The average Bonchev–Trinajstić information content (AvgIpc) is 2.75. The van der Waals surface area contributed by atoms with Crippen molar-refractivity contribution in [2.24, 2.45) is 11.8 Å². The van der Waals surface area contributed by atoms with E-state index in [0.29, 0.717) is 10.7 Å². The first kappa shape index (κ1) is 18.9. The maximum absolute atomic E-state index is 9.14. The van der Waals surface area contributed by atoms with Crippen LogP contribution in [0.15, 0.2) is 24.5 Å². The number of nitrogens with zero attached hydrogens (tertiary/aromatic N) is 6. The van der Waals surface area contributed by atoms with Crippen molar-refractivity contribution in [1.82, 2.24) is 15.0 Å². The Bertz CT molecular complexity index is 846. The quantitative estimate of drug-likeness (QED) is 0.785. The van der Waals surface area contributed by atoms with E-state index in [4.69, 9.17) is 16.9 Å². The Kier molecular flexibility index (Phi) is 5.63. The molecule has 2 saturated heterocycles. The number of hydrogen-bond donors (Lipinski definition) is 0. The number of pyridine rings is 1. The first-order chi connectivity index (χ1) is 13.6. The molecule has 0 saturated carbocycles. The van der Waals surface area contributed by atoms with Gasteiger partial charge in [-0.3, -0.25) is 0 Å². The Labute approximate surface area is 171 Å². The molecule has 6 nitrogen and oxygen atoms in total. The van der Waals surface area contributed by atoms with Crippen LogP contribution >= 0.6 is 11.6 Å². The molecule has 2 aromatic rings. The maximum Gasteiger partial charge on any atom is 0.225 e. The Morgan fingerprint density at radius 3 is 2.11 bits per heavy atom. The van der Waals surface area contributed by atoms with Crippen molar-refractivity contribution in [1.29, 1.82) is 5.26 Å². The van der Waals surface area contributed by atoms with Crippen molar-refractivity contribution in [3.63, 3.8) is 0 Å².